The zero-order chi connectivity index (χ0) is 23.0. The van der Waals surface area contributed by atoms with Crippen LogP contribution in [0.15, 0.2) is 18.2 Å². The van der Waals surface area contributed by atoms with E-state index in [0.717, 1.165) is 50.5 Å². The maximum atomic E-state index is 14.6. The lowest BCUT2D eigenvalue weighted by Crippen LogP contribution is -2.51. The minimum absolute atomic E-state index is 0.170. The molecule has 1 aromatic rings. The molecule has 4 nitrogen and oxygen atoms in total. The highest BCUT2D eigenvalue weighted by Gasteiger charge is 2.53. The molecule has 1 aromatic carbocycles. The standard InChI is InChI=1S/C27H39F2N3O/c1-2-13-32-18-27(23-5-3-4-6-25(23)32)10-14-31(15-11-27)26(33)21-9-12-30-17-22(21)20-8-7-19(28)16-24(20)29/h7-8,16,21-23,25,30H,2-6,9-15,17-18H2,1H3/t21-,22+,23?,25?/m1/s1. The number of halogens is 2. The summed E-state index contributed by atoms with van der Waals surface area (Å²) in [6, 6.07) is 4.52. The van der Waals surface area contributed by atoms with Gasteiger partial charge >= 0.3 is 0 Å². The van der Waals surface area contributed by atoms with Crippen LogP contribution in [0, 0.1) is 28.9 Å². The fourth-order valence-electron chi connectivity index (χ4n) is 7.65. The lowest BCUT2D eigenvalue weighted by Gasteiger charge is -2.46. The second-order valence-corrected chi connectivity index (χ2v) is 11.0. The second kappa shape index (κ2) is 9.61. The Kier molecular flexibility index (Phi) is 6.76. The van der Waals surface area contributed by atoms with Gasteiger partial charge in [-0.05, 0) is 74.6 Å². The molecule has 1 spiro atoms. The van der Waals surface area contributed by atoms with E-state index in [1.807, 2.05) is 0 Å². The molecular formula is C27H39F2N3O. The van der Waals surface area contributed by atoms with Gasteiger partial charge in [0.25, 0.3) is 0 Å². The molecule has 182 valence electrons. The van der Waals surface area contributed by atoms with Crippen molar-refractivity contribution >= 4 is 5.91 Å². The molecule has 0 aromatic heterocycles. The number of carbonyl (C=O) groups is 1. The number of likely N-dealkylation sites (tertiary alicyclic amines) is 2. The Balaban J connectivity index is 1.29. The second-order valence-electron chi connectivity index (χ2n) is 11.0. The van der Waals surface area contributed by atoms with Crippen molar-refractivity contribution in [1.29, 1.82) is 0 Å². The average molecular weight is 460 g/mol. The fraction of sp³-hybridized carbons (Fsp3) is 0.741. The van der Waals surface area contributed by atoms with Gasteiger partial charge in [0.05, 0.1) is 0 Å². The van der Waals surface area contributed by atoms with Gasteiger partial charge in [0.1, 0.15) is 11.6 Å². The summed E-state index contributed by atoms with van der Waals surface area (Å²) in [6.07, 6.45) is 9.51. The summed E-state index contributed by atoms with van der Waals surface area (Å²) in [5.41, 5.74) is 0.833. The number of rotatable bonds is 4. The highest BCUT2D eigenvalue weighted by atomic mass is 19.1. The third-order valence-electron chi connectivity index (χ3n) is 9.25. The molecule has 33 heavy (non-hydrogen) atoms. The Morgan fingerprint density at radius 1 is 1.15 bits per heavy atom. The van der Waals surface area contributed by atoms with Crippen molar-refractivity contribution in [2.75, 3.05) is 39.3 Å². The Hall–Kier alpha value is -1.53. The third-order valence-corrected chi connectivity index (χ3v) is 9.25. The van der Waals surface area contributed by atoms with Crippen LogP contribution in [0.2, 0.25) is 0 Å². The summed E-state index contributed by atoms with van der Waals surface area (Å²) in [4.78, 5) is 18.5. The maximum Gasteiger partial charge on any atom is 0.226 e. The predicted molar refractivity (Wildman–Crippen MR) is 126 cm³/mol. The molecule has 0 bridgehead atoms. The lowest BCUT2D eigenvalue weighted by atomic mass is 9.65. The number of carbonyl (C=O) groups excluding carboxylic acids is 1. The number of hydrogen-bond acceptors (Lipinski definition) is 3. The minimum atomic E-state index is -0.570. The van der Waals surface area contributed by atoms with Gasteiger partial charge in [0.15, 0.2) is 0 Å². The van der Waals surface area contributed by atoms with E-state index in [4.69, 9.17) is 0 Å². The first-order valence-electron chi connectivity index (χ1n) is 13.2. The summed E-state index contributed by atoms with van der Waals surface area (Å²) < 4.78 is 28.0. The van der Waals surface area contributed by atoms with E-state index in [0.29, 0.717) is 23.9 Å². The Labute approximate surface area is 197 Å². The minimum Gasteiger partial charge on any atom is -0.342 e. The summed E-state index contributed by atoms with van der Waals surface area (Å²) in [5, 5.41) is 3.31. The van der Waals surface area contributed by atoms with E-state index >= 15 is 0 Å². The Morgan fingerprint density at radius 2 is 1.94 bits per heavy atom. The number of benzene rings is 1. The molecule has 6 heteroatoms. The van der Waals surface area contributed by atoms with Crippen molar-refractivity contribution in [2.45, 2.75) is 70.3 Å². The average Bonchev–Trinajstić information content (AvgIpc) is 3.12. The van der Waals surface area contributed by atoms with E-state index in [9.17, 15) is 13.6 Å². The zero-order valence-electron chi connectivity index (χ0n) is 20.0. The molecule has 1 aliphatic carbocycles. The number of amides is 1. The Bertz CT molecular complexity index is 854. The first kappa shape index (κ1) is 23.2. The summed E-state index contributed by atoms with van der Waals surface area (Å²) >= 11 is 0. The van der Waals surface area contributed by atoms with Crippen molar-refractivity contribution in [2.24, 2.45) is 17.3 Å². The van der Waals surface area contributed by atoms with Crippen molar-refractivity contribution in [1.82, 2.24) is 15.1 Å². The monoisotopic (exact) mass is 459 g/mol. The SMILES string of the molecule is CCCN1CC2(CCN(C(=O)[C@@H]3CCNC[C@H]3c3ccc(F)cc3F)CC2)C2CCCCC21. The summed E-state index contributed by atoms with van der Waals surface area (Å²) in [6.45, 7) is 7.66. The summed E-state index contributed by atoms with van der Waals surface area (Å²) in [5.74, 6) is -0.623. The van der Waals surface area contributed by atoms with Gasteiger partial charge in [0, 0.05) is 50.1 Å². The molecule has 3 heterocycles. The maximum absolute atomic E-state index is 14.6. The number of hydrogen-bond donors (Lipinski definition) is 1. The van der Waals surface area contributed by atoms with Crippen molar-refractivity contribution in [3.63, 3.8) is 0 Å². The van der Waals surface area contributed by atoms with E-state index in [-0.39, 0.29) is 17.7 Å². The van der Waals surface area contributed by atoms with Crippen LogP contribution in [0.3, 0.4) is 0 Å². The van der Waals surface area contributed by atoms with E-state index < -0.39 is 11.6 Å². The zero-order valence-corrected chi connectivity index (χ0v) is 20.0. The molecule has 0 radical (unpaired) electrons. The molecule has 2 unspecified atom stereocenters. The molecule has 4 aliphatic rings. The largest absolute Gasteiger partial charge is 0.342 e. The van der Waals surface area contributed by atoms with Gasteiger partial charge in [0.2, 0.25) is 5.91 Å². The highest BCUT2D eigenvalue weighted by molar-refractivity contribution is 5.80. The van der Waals surface area contributed by atoms with Gasteiger partial charge in [-0.1, -0.05) is 25.8 Å². The van der Waals surface area contributed by atoms with Crippen LogP contribution < -0.4 is 5.32 Å². The lowest BCUT2D eigenvalue weighted by molar-refractivity contribution is -0.139. The topological polar surface area (TPSA) is 35.6 Å². The van der Waals surface area contributed by atoms with Crippen LogP contribution in [0.25, 0.3) is 0 Å². The Morgan fingerprint density at radius 3 is 2.70 bits per heavy atom. The molecule has 1 amide bonds. The van der Waals surface area contributed by atoms with E-state index in [1.165, 1.54) is 57.3 Å². The molecule has 1 N–H and O–H groups in total. The van der Waals surface area contributed by atoms with Gasteiger partial charge < -0.3 is 10.2 Å². The first-order valence-corrected chi connectivity index (χ1v) is 13.2. The van der Waals surface area contributed by atoms with Crippen molar-refractivity contribution in [3.05, 3.63) is 35.4 Å². The van der Waals surface area contributed by atoms with Crippen molar-refractivity contribution in [3.8, 4) is 0 Å². The van der Waals surface area contributed by atoms with Crippen molar-refractivity contribution < 1.29 is 13.6 Å². The molecule has 5 rings (SSSR count). The molecule has 4 atom stereocenters. The van der Waals surface area contributed by atoms with Gasteiger partial charge in [-0.3, -0.25) is 9.69 Å². The van der Waals surface area contributed by atoms with Gasteiger partial charge in [-0.2, -0.15) is 0 Å². The third kappa shape index (κ3) is 4.34. The normalized spacial score (nSPS) is 32.2. The summed E-state index contributed by atoms with van der Waals surface area (Å²) in [7, 11) is 0. The predicted octanol–water partition coefficient (Wildman–Crippen LogP) is 4.55. The molecule has 3 saturated heterocycles. The molecule has 4 fully saturated rings. The van der Waals surface area contributed by atoms with Crippen LogP contribution in [-0.4, -0.2) is 61.0 Å². The first-order chi connectivity index (χ1) is 16.0. The van der Waals surface area contributed by atoms with Crippen LogP contribution >= 0.6 is 0 Å². The number of nitrogens with zero attached hydrogens (tertiary/aromatic N) is 2. The van der Waals surface area contributed by atoms with Gasteiger partial charge in [-0.25, -0.2) is 8.78 Å². The number of nitrogens with one attached hydrogen (secondary N) is 1. The van der Waals surface area contributed by atoms with Crippen LogP contribution in [0.1, 0.15) is 69.8 Å². The quantitative estimate of drug-likeness (QED) is 0.718. The smallest absolute Gasteiger partial charge is 0.226 e. The number of piperidine rings is 2. The molecule has 1 saturated carbocycles. The fourth-order valence-corrected chi connectivity index (χ4v) is 7.65. The van der Waals surface area contributed by atoms with E-state index in [1.54, 1.807) is 0 Å². The molecule has 3 aliphatic heterocycles. The van der Waals surface area contributed by atoms with Crippen LogP contribution in [-0.2, 0) is 4.79 Å². The van der Waals surface area contributed by atoms with Gasteiger partial charge in [-0.15, -0.1) is 0 Å². The number of fused-ring (bicyclic) bond motifs is 2. The molecular weight excluding hydrogens is 420 g/mol. The highest BCUT2D eigenvalue weighted by Crippen LogP contribution is 2.53. The van der Waals surface area contributed by atoms with Crippen LogP contribution in [0.5, 0.6) is 0 Å². The van der Waals surface area contributed by atoms with E-state index in [2.05, 4.69) is 22.0 Å². The van der Waals surface area contributed by atoms with Crippen LogP contribution in [0.4, 0.5) is 8.78 Å².